The summed E-state index contributed by atoms with van der Waals surface area (Å²) in [6.45, 7) is 3.86. The maximum Gasteiger partial charge on any atom is 0.260 e. The second kappa shape index (κ2) is 3.92. The maximum atomic E-state index is 11.9. The molecule has 1 N–H and O–H groups in total. The van der Waals surface area contributed by atoms with Crippen LogP contribution in [0.5, 0.6) is 0 Å². The summed E-state index contributed by atoms with van der Waals surface area (Å²) in [4.78, 5) is 19.7. The first-order valence-corrected chi connectivity index (χ1v) is 7.77. The van der Waals surface area contributed by atoms with Gasteiger partial charge >= 0.3 is 0 Å². The molecule has 0 aliphatic rings. The number of sulfone groups is 1. The van der Waals surface area contributed by atoms with Crippen molar-refractivity contribution in [2.24, 2.45) is 0 Å². The van der Waals surface area contributed by atoms with Crippen LogP contribution in [0.4, 0.5) is 0 Å². The number of rotatable bonds is 2. The van der Waals surface area contributed by atoms with Crippen LogP contribution in [0.1, 0.15) is 17.4 Å². The van der Waals surface area contributed by atoms with E-state index < -0.39 is 9.84 Å². The molecule has 0 fully saturated rings. The third-order valence-corrected chi connectivity index (χ3v) is 4.48. The van der Waals surface area contributed by atoms with E-state index in [4.69, 9.17) is 0 Å². The molecule has 0 amide bonds. The summed E-state index contributed by atoms with van der Waals surface area (Å²) >= 11 is 1.35. The summed E-state index contributed by atoms with van der Waals surface area (Å²) in [7, 11) is -3.49. The number of nitrogens with zero attached hydrogens (tertiary/aromatic N) is 1. The first-order valence-electron chi connectivity index (χ1n) is 5.07. The SMILES string of the molecule is CCc1c(C)sc2nc(S(C)(=O)=O)[nH]c(=O)c12. The number of hydrogen-bond donors (Lipinski definition) is 1. The van der Waals surface area contributed by atoms with Gasteiger partial charge in [-0.25, -0.2) is 13.4 Å². The van der Waals surface area contributed by atoms with Crippen LogP contribution in [0.25, 0.3) is 10.2 Å². The lowest BCUT2D eigenvalue weighted by Gasteiger charge is -1.98. The van der Waals surface area contributed by atoms with Crippen LogP contribution < -0.4 is 5.56 Å². The molecule has 0 atom stereocenters. The third kappa shape index (κ3) is 2.00. The van der Waals surface area contributed by atoms with E-state index in [-0.39, 0.29) is 10.7 Å². The zero-order chi connectivity index (χ0) is 12.8. The fourth-order valence-electron chi connectivity index (χ4n) is 1.76. The molecule has 0 saturated carbocycles. The highest BCUT2D eigenvalue weighted by atomic mass is 32.2. The monoisotopic (exact) mass is 272 g/mol. The topological polar surface area (TPSA) is 79.9 Å². The smallest absolute Gasteiger partial charge is 0.260 e. The molecule has 5 nitrogen and oxygen atoms in total. The van der Waals surface area contributed by atoms with Crippen molar-refractivity contribution < 1.29 is 8.42 Å². The van der Waals surface area contributed by atoms with Crippen molar-refractivity contribution in [1.29, 1.82) is 0 Å². The van der Waals surface area contributed by atoms with Gasteiger partial charge in [0.25, 0.3) is 5.56 Å². The molecule has 2 heterocycles. The zero-order valence-electron chi connectivity index (χ0n) is 9.70. The minimum atomic E-state index is -3.49. The molecule has 0 spiro atoms. The van der Waals surface area contributed by atoms with E-state index in [1.165, 1.54) is 11.3 Å². The Morgan fingerprint density at radius 2 is 2.06 bits per heavy atom. The molecule has 0 radical (unpaired) electrons. The fourth-order valence-corrected chi connectivity index (χ4v) is 3.46. The Morgan fingerprint density at radius 3 is 2.59 bits per heavy atom. The van der Waals surface area contributed by atoms with Crippen LogP contribution in [0, 0.1) is 6.92 Å². The van der Waals surface area contributed by atoms with Gasteiger partial charge in [-0.15, -0.1) is 11.3 Å². The minimum Gasteiger partial charge on any atom is -0.297 e. The Bertz CT molecular complexity index is 741. The Hall–Kier alpha value is -1.21. The lowest BCUT2D eigenvalue weighted by atomic mass is 10.1. The molecule has 2 aromatic heterocycles. The second-order valence-electron chi connectivity index (χ2n) is 3.81. The zero-order valence-corrected chi connectivity index (χ0v) is 11.3. The molecule has 2 aromatic rings. The Kier molecular flexibility index (Phi) is 2.82. The summed E-state index contributed by atoms with van der Waals surface area (Å²) in [5.41, 5.74) is 0.565. The average Bonchev–Trinajstić information content (AvgIpc) is 2.52. The Morgan fingerprint density at radius 1 is 1.41 bits per heavy atom. The highest BCUT2D eigenvalue weighted by Gasteiger charge is 2.17. The molecule has 0 bridgehead atoms. The minimum absolute atomic E-state index is 0.265. The molecular weight excluding hydrogens is 260 g/mol. The normalized spacial score (nSPS) is 12.2. The molecule has 2 rings (SSSR count). The van der Waals surface area contributed by atoms with Crippen LogP contribution in [0.3, 0.4) is 0 Å². The summed E-state index contributed by atoms with van der Waals surface area (Å²) < 4.78 is 22.7. The maximum absolute atomic E-state index is 11.9. The summed E-state index contributed by atoms with van der Waals surface area (Å²) in [5.74, 6) is 0. The van der Waals surface area contributed by atoms with Gasteiger partial charge in [0.1, 0.15) is 4.83 Å². The van der Waals surface area contributed by atoms with Gasteiger partial charge in [-0.1, -0.05) is 6.92 Å². The number of fused-ring (bicyclic) bond motifs is 1. The van der Waals surface area contributed by atoms with Crippen LogP contribution >= 0.6 is 11.3 Å². The number of aromatic amines is 1. The molecule has 92 valence electrons. The molecular formula is C10H12N2O3S2. The highest BCUT2D eigenvalue weighted by Crippen LogP contribution is 2.27. The molecule has 7 heteroatoms. The van der Waals surface area contributed by atoms with Crippen LogP contribution in [-0.2, 0) is 16.3 Å². The predicted molar refractivity (Wildman–Crippen MR) is 67.5 cm³/mol. The van der Waals surface area contributed by atoms with E-state index in [2.05, 4.69) is 9.97 Å². The first kappa shape index (κ1) is 12.3. The van der Waals surface area contributed by atoms with E-state index in [9.17, 15) is 13.2 Å². The van der Waals surface area contributed by atoms with Crippen molar-refractivity contribution in [3.05, 3.63) is 20.8 Å². The van der Waals surface area contributed by atoms with Gasteiger partial charge in [0.2, 0.25) is 15.0 Å². The van der Waals surface area contributed by atoms with E-state index in [1.54, 1.807) is 0 Å². The van der Waals surface area contributed by atoms with Crippen molar-refractivity contribution in [1.82, 2.24) is 9.97 Å². The van der Waals surface area contributed by atoms with Gasteiger partial charge in [-0.2, -0.15) is 0 Å². The molecule has 0 aliphatic carbocycles. The number of nitrogens with one attached hydrogen (secondary N) is 1. The largest absolute Gasteiger partial charge is 0.297 e. The highest BCUT2D eigenvalue weighted by molar-refractivity contribution is 7.90. The standard InChI is InChI=1S/C10H12N2O3S2/c1-4-6-5(2)16-9-7(6)8(13)11-10(12-9)17(3,14)15/h4H2,1-3H3,(H,11,12,13). The van der Waals surface area contributed by atoms with Gasteiger partial charge in [0.15, 0.2) is 0 Å². The quantitative estimate of drug-likeness (QED) is 0.835. The van der Waals surface area contributed by atoms with E-state index in [0.29, 0.717) is 10.2 Å². The third-order valence-electron chi connectivity index (χ3n) is 2.55. The van der Waals surface area contributed by atoms with Gasteiger partial charge in [0, 0.05) is 11.1 Å². The van der Waals surface area contributed by atoms with Crippen LogP contribution in [0.15, 0.2) is 9.95 Å². The predicted octanol–water partition coefficient (Wildman–Crippen LogP) is 1.26. The molecule has 0 saturated heterocycles. The molecule has 0 unspecified atom stereocenters. The van der Waals surface area contributed by atoms with Crippen molar-refractivity contribution in [3.63, 3.8) is 0 Å². The van der Waals surface area contributed by atoms with Gasteiger partial charge in [-0.3, -0.25) is 9.78 Å². The number of thiophene rings is 1. The number of aromatic nitrogens is 2. The van der Waals surface area contributed by atoms with Crippen molar-refractivity contribution in [2.75, 3.05) is 6.26 Å². The Labute approximate surface area is 102 Å². The number of H-pyrrole nitrogens is 1. The second-order valence-corrected chi connectivity index (χ2v) is 6.95. The number of aryl methyl sites for hydroxylation is 2. The van der Waals surface area contributed by atoms with E-state index in [0.717, 1.165) is 23.1 Å². The van der Waals surface area contributed by atoms with Crippen molar-refractivity contribution in [3.8, 4) is 0 Å². The Balaban J connectivity index is 2.91. The summed E-state index contributed by atoms with van der Waals surface area (Å²) in [6.07, 6.45) is 1.76. The number of hydrogen-bond acceptors (Lipinski definition) is 5. The van der Waals surface area contributed by atoms with Gasteiger partial charge in [-0.05, 0) is 18.9 Å². The van der Waals surface area contributed by atoms with Crippen LogP contribution in [-0.4, -0.2) is 24.6 Å². The summed E-state index contributed by atoms with van der Waals surface area (Å²) in [6, 6.07) is 0. The van der Waals surface area contributed by atoms with Crippen molar-refractivity contribution >= 4 is 31.4 Å². The lowest BCUT2D eigenvalue weighted by Crippen LogP contribution is -2.15. The van der Waals surface area contributed by atoms with Gasteiger partial charge < -0.3 is 0 Å². The summed E-state index contributed by atoms with van der Waals surface area (Å²) in [5, 5.41) is 0.251. The van der Waals surface area contributed by atoms with E-state index >= 15 is 0 Å². The van der Waals surface area contributed by atoms with E-state index in [1.807, 2.05) is 13.8 Å². The van der Waals surface area contributed by atoms with Crippen molar-refractivity contribution in [2.45, 2.75) is 25.4 Å². The molecule has 0 aromatic carbocycles. The molecule has 17 heavy (non-hydrogen) atoms. The first-order chi connectivity index (χ1) is 7.84. The molecule has 0 aliphatic heterocycles. The van der Waals surface area contributed by atoms with Crippen LogP contribution in [0.2, 0.25) is 0 Å². The van der Waals surface area contributed by atoms with Gasteiger partial charge in [0.05, 0.1) is 5.39 Å². The average molecular weight is 272 g/mol. The fraction of sp³-hybridized carbons (Fsp3) is 0.400. The lowest BCUT2D eigenvalue weighted by molar-refractivity contribution is 0.593.